The molecule has 0 aliphatic carbocycles. The maximum atomic E-state index is 13.0. The SMILES string of the molecule is C[C@@H](CN1CCOCC1)NS(=O)(=O)c1ccc(F)cc1Cl. The molecule has 1 heterocycles. The summed E-state index contributed by atoms with van der Waals surface area (Å²) in [6, 6.07) is 2.95. The number of rotatable bonds is 5. The number of nitrogens with zero attached hydrogens (tertiary/aromatic N) is 1. The van der Waals surface area contributed by atoms with E-state index in [1.165, 1.54) is 6.07 Å². The van der Waals surface area contributed by atoms with Gasteiger partial charge in [-0.15, -0.1) is 0 Å². The number of ether oxygens (including phenoxy) is 1. The molecule has 1 fully saturated rings. The molecular weight excluding hydrogens is 319 g/mol. The Morgan fingerprint density at radius 2 is 2.10 bits per heavy atom. The van der Waals surface area contributed by atoms with Crippen LogP contribution in [0, 0.1) is 5.82 Å². The van der Waals surface area contributed by atoms with Crippen LogP contribution in [0.4, 0.5) is 4.39 Å². The third-order valence-corrected chi connectivity index (χ3v) is 5.25. The summed E-state index contributed by atoms with van der Waals surface area (Å²) in [7, 11) is -3.76. The van der Waals surface area contributed by atoms with Gasteiger partial charge in [-0.05, 0) is 25.1 Å². The number of sulfonamides is 1. The average molecular weight is 337 g/mol. The van der Waals surface area contributed by atoms with Crippen molar-refractivity contribution in [2.75, 3.05) is 32.8 Å². The molecule has 1 atom stereocenters. The van der Waals surface area contributed by atoms with Crippen LogP contribution in [-0.4, -0.2) is 52.2 Å². The molecule has 0 amide bonds. The van der Waals surface area contributed by atoms with Crippen LogP contribution in [0.1, 0.15) is 6.92 Å². The monoisotopic (exact) mass is 336 g/mol. The minimum Gasteiger partial charge on any atom is -0.379 e. The van der Waals surface area contributed by atoms with Gasteiger partial charge < -0.3 is 4.74 Å². The number of benzene rings is 1. The summed E-state index contributed by atoms with van der Waals surface area (Å²) in [5, 5.41) is -0.124. The molecule has 1 aromatic rings. The maximum absolute atomic E-state index is 13.0. The highest BCUT2D eigenvalue weighted by molar-refractivity contribution is 7.89. The van der Waals surface area contributed by atoms with Crippen molar-refractivity contribution in [1.82, 2.24) is 9.62 Å². The van der Waals surface area contributed by atoms with E-state index >= 15 is 0 Å². The summed E-state index contributed by atoms with van der Waals surface area (Å²) in [5.74, 6) is -0.569. The first kappa shape index (κ1) is 16.6. The van der Waals surface area contributed by atoms with Gasteiger partial charge in [-0.25, -0.2) is 17.5 Å². The number of halogens is 2. The van der Waals surface area contributed by atoms with Crippen molar-refractivity contribution in [3.05, 3.63) is 29.0 Å². The Labute approximate surface area is 129 Å². The predicted molar refractivity (Wildman–Crippen MR) is 78.5 cm³/mol. The van der Waals surface area contributed by atoms with E-state index < -0.39 is 15.8 Å². The van der Waals surface area contributed by atoms with Gasteiger partial charge in [0.05, 0.1) is 18.2 Å². The lowest BCUT2D eigenvalue weighted by Gasteiger charge is -2.29. The number of hydrogen-bond donors (Lipinski definition) is 1. The predicted octanol–water partition coefficient (Wildman–Crippen LogP) is 1.48. The van der Waals surface area contributed by atoms with Crippen molar-refractivity contribution in [3.63, 3.8) is 0 Å². The highest BCUT2D eigenvalue weighted by Gasteiger charge is 2.22. The molecule has 0 saturated carbocycles. The number of hydrogen-bond acceptors (Lipinski definition) is 4. The molecule has 0 aromatic heterocycles. The Balaban J connectivity index is 2.02. The van der Waals surface area contributed by atoms with Crippen LogP contribution in [0.5, 0.6) is 0 Å². The van der Waals surface area contributed by atoms with Gasteiger partial charge >= 0.3 is 0 Å². The second-order valence-electron chi connectivity index (χ2n) is 5.01. The highest BCUT2D eigenvalue weighted by atomic mass is 35.5. The molecular formula is C13H18ClFN2O3S. The lowest BCUT2D eigenvalue weighted by Crippen LogP contribution is -2.45. The van der Waals surface area contributed by atoms with E-state index in [0.717, 1.165) is 25.2 Å². The summed E-state index contributed by atoms with van der Waals surface area (Å²) >= 11 is 5.80. The largest absolute Gasteiger partial charge is 0.379 e. The van der Waals surface area contributed by atoms with E-state index in [9.17, 15) is 12.8 Å². The van der Waals surface area contributed by atoms with Crippen molar-refractivity contribution in [2.45, 2.75) is 17.9 Å². The van der Waals surface area contributed by atoms with Gasteiger partial charge in [-0.3, -0.25) is 4.90 Å². The zero-order chi connectivity index (χ0) is 15.5. The molecule has 2 rings (SSSR count). The lowest BCUT2D eigenvalue weighted by molar-refractivity contribution is 0.0354. The fraction of sp³-hybridized carbons (Fsp3) is 0.538. The van der Waals surface area contributed by atoms with E-state index in [1.54, 1.807) is 6.92 Å². The maximum Gasteiger partial charge on any atom is 0.242 e. The Morgan fingerprint density at radius 3 is 2.71 bits per heavy atom. The van der Waals surface area contributed by atoms with Crippen molar-refractivity contribution < 1.29 is 17.5 Å². The number of nitrogens with one attached hydrogen (secondary N) is 1. The van der Waals surface area contributed by atoms with Crippen LogP contribution in [-0.2, 0) is 14.8 Å². The van der Waals surface area contributed by atoms with Crippen molar-refractivity contribution >= 4 is 21.6 Å². The average Bonchev–Trinajstić information content (AvgIpc) is 2.38. The smallest absolute Gasteiger partial charge is 0.242 e. The van der Waals surface area contributed by atoms with E-state index in [2.05, 4.69) is 9.62 Å². The number of morpholine rings is 1. The molecule has 0 bridgehead atoms. The van der Waals surface area contributed by atoms with Crippen LogP contribution in [0.25, 0.3) is 0 Å². The Bertz CT molecular complexity index is 591. The molecule has 0 spiro atoms. The minimum absolute atomic E-state index is 0.112. The summed E-state index contributed by atoms with van der Waals surface area (Å²) < 4.78 is 45.3. The Hall–Kier alpha value is -0.730. The van der Waals surface area contributed by atoms with Crippen molar-refractivity contribution in [1.29, 1.82) is 0 Å². The molecule has 8 heteroatoms. The molecule has 1 aromatic carbocycles. The Kier molecular flexibility index (Phi) is 5.56. The topological polar surface area (TPSA) is 58.6 Å². The van der Waals surface area contributed by atoms with E-state index in [-0.39, 0.29) is 16.0 Å². The van der Waals surface area contributed by atoms with Crippen molar-refractivity contribution in [2.24, 2.45) is 0 Å². The Morgan fingerprint density at radius 1 is 1.43 bits per heavy atom. The van der Waals surface area contributed by atoms with Crippen LogP contribution in [0.15, 0.2) is 23.1 Å². The first-order chi connectivity index (χ1) is 9.88. The molecule has 0 radical (unpaired) electrons. The first-order valence-corrected chi connectivity index (χ1v) is 8.52. The van der Waals surface area contributed by atoms with Crippen LogP contribution in [0.3, 0.4) is 0 Å². The third kappa shape index (κ3) is 4.62. The van der Waals surface area contributed by atoms with Crippen LogP contribution in [0.2, 0.25) is 5.02 Å². The normalized spacial score (nSPS) is 18.6. The van der Waals surface area contributed by atoms with Crippen molar-refractivity contribution in [3.8, 4) is 0 Å². The third-order valence-electron chi connectivity index (χ3n) is 3.18. The zero-order valence-electron chi connectivity index (χ0n) is 11.7. The van der Waals surface area contributed by atoms with Gasteiger partial charge in [0.2, 0.25) is 10.0 Å². The molecule has 1 aliphatic rings. The van der Waals surface area contributed by atoms with E-state index in [1.807, 2.05) is 0 Å². The quantitative estimate of drug-likeness (QED) is 0.885. The van der Waals surface area contributed by atoms with Gasteiger partial charge in [0.1, 0.15) is 10.7 Å². The van der Waals surface area contributed by atoms with Gasteiger partial charge in [0.25, 0.3) is 0 Å². The molecule has 118 valence electrons. The second-order valence-corrected chi connectivity index (χ2v) is 7.10. The second kappa shape index (κ2) is 7.02. The first-order valence-electron chi connectivity index (χ1n) is 6.66. The fourth-order valence-corrected chi connectivity index (χ4v) is 4.00. The summed E-state index contributed by atoms with van der Waals surface area (Å²) in [4.78, 5) is 2.02. The minimum atomic E-state index is -3.76. The molecule has 21 heavy (non-hydrogen) atoms. The van der Waals surface area contributed by atoms with Gasteiger partial charge in [0.15, 0.2) is 0 Å². The van der Waals surface area contributed by atoms with Gasteiger partial charge in [-0.1, -0.05) is 11.6 Å². The molecule has 5 nitrogen and oxygen atoms in total. The van der Waals surface area contributed by atoms with Crippen LogP contribution < -0.4 is 4.72 Å². The zero-order valence-corrected chi connectivity index (χ0v) is 13.3. The summed E-state index contributed by atoms with van der Waals surface area (Å²) in [6.07, 6.45) is 0. The van der Waals surface area contributed by atoms with E-state index in [4.69, 9.17) is 16.3 Å². The summed E-state index contributed by atoms with van der Waals surface area (Å²) in [6.45, 7) is 5.24. The molecule has 1 saturated heterocycles. The summed E-state index contributed by atoms with van der Waals surface area (Å²) in [5.41, 5.74) is 0. The molecule has 1 aliphatic heterocycles. The van der Waals surface area contributed by atoms with Crippen LogP contribution >= 0.6 is 11.6 Å². The molecule has 0 unspecified atom stereocenters. The highest BCUT2D eigenvalue weighted by Crippen LogP contribution is 2.22. The van der Waals surface area contributed by atoms with E-state index in [0.29, 0.717) is 19.8 Å². The van der Waals surface area contributed by atoms with Gasteiger partial charge in [0, 0.05) is 25.7 Å². The fourth-order valence-electron chi connectivity index (χ4n) is 2.23. The standard InChI is InChI=1S/C13H18ClFN2O3S/c1-10(9-17-4-6-20-7-5-17)16-21(18,19)13-3-2-11(15)8-12(13)14/h2-3,8,10,16H,4-7,9H2,1H3/t10-/m0/s1. The van der Waals surface area contributed by atoms with Gasteiger partial charge in [-0.2, -0.15) is 0 Å². The molecule has 1 N–H and O–H groups in total. The lowest BCUT2D eigenvalue weighted by atomic mass is 10.3.